The molecule has 0 bridgehead atoms. The van der Waals surface area contributed by atoms with Gasteiger partial charge in [0.15, 0.2) is 0 Å². The lowest BCUT2D eigenvalue weighted by molar-refractivity contribution is -0.114. The van der Waals surface area contributed by atoms with Crippen molar-refractivity contribution >= 4 is 28.9 Å². The van der Waals surface area contributed by atoms with Crippen molar-refractivity contribution < 1.29 is 4.79 Å². The molecule has 0 fully saturated rings. The Morgan fingerprint density at radius 3 is 2.33 bits per heavy atom. The van der Waals surface area contributed by atoms with Gasteiger partial charge in [-0.15, -0.1) is 0 Å². The van der Waals surface area contributed by atoms with E-state index in [0.717, 1.165) is 61.3 Å². The largest absolute Gasteiger partial charge is 0.375 e. The summed E-state index contributed by atoms with van der Waals surface area (Å²) in [5, 5.41) is 0.623. The molecule has 3 rings (SSSR count). The standard InChI is InChI=1S/C25H30ClN3O/c1-4-6-15-29(16-7-5-2)18-22-25(30)28(3)23-14-13-20(26)17-21(23)24(27-22)19-11-9-8-10-12-19/h8-14,17-18H,4-7,15-16H2,1-3H3. The van der Waals surface area contributed by atoms with Gasteiger partial charge in [0.2, 0.25) is 0 Å². The predicted molar refractivity (Wildman–Crippen MR) is 126 cm³/mol. The first-order valence-corrected chi connectivity index (χ1v) is 11.1. The minimum atomic E-state index is -0.109. The van der Waals surface area contributed by atoms with E-state index in [9.17, 15) is 4.79 Å². The van der Waals surface area contributed by atoms with Gasteiger partial charge in [0.05, 0.1) is 11.4 Å². The van der Waals surface area contributed by atoms with Crippen molar-refractivity contribution in [3.05, 3.63) is 76.6 Å². The van der Waals surface area contributed by atoms with Crippen LogP contribution in [0.3, 0.4) is 0 Å². The molecule has 2 aromatic carbocycles. The van der Waals surface area contributed by atoms with Crippen molar-refractivity contribution in [2.24, 2.45) is 4.99 Å². The number of carbonyl (C=O) groups excluding carboxylic acids is 1. The zero-order valence-electron chi connectivity index (χ0n) is 18.1. The zero-order valence-corrected chi connectivity index (χ0v) is 18.8. The van der Waals surface area contributed by atoms with E-state index in [0.29, 0.717) is 10.7 Å². The van der Waals surface area contributed by atoms with Gasteiger partial charge in [-0.2, -0.15) is 0 Å². The summed E-state index contributed by atoms with van der Waals surface area (Å²) in [6, 6.07) is 15.6. The molecule has 1 heterocycles. The highest BCUT2D eigenvalue weighted by atomic mass is 35.5. The third kappa shape index (κ3) is 5.11. The van der Waals surface area contributed by atoms with Crippen molar-refractivity contribution in [1.29, 1.82) is 0 Å². The lowest BCUT2D eigenvalue weighted by Gasteiger charge is -2.22. The average molecular weight is 424 g/mol. The summed E-state index contributed by atoms with van der Waals surface area (Å²) in [6.07, 6.45) is 6.34. The number of benzodiazepines with no additional fused rings is 1. The van der Waals surface area contributed by atoms with Crippen LogP contribution in [0.15, 0.2) is 65.4 Å². The predicted octanol–water partition coefficient (Wildman–Crippen LogP) is 5.90. The minimum absolute atomic E-state index is 0.109. The number of aliphatic imine (C=N–C) groups is 1. The van der Waals surface area contributed by atoms with Crippen molar-refractivity contribution in [2.45, 2.75) is 39.5 Å². The van der Waals surface area contributed by atoms with Gasteiger partial charge in [0.1, 0.15) is 5.70 Å². The number of amides is 1. The third-order valence-electron chi connectivity index (χ3n) is 5.28. The molecule has 0 radical (unpaired) electrons. The van der Waals surface area contributed by atoms with Crippen LogP contribution < -0.4 is 4.90 Å². The van der Waals surface area contributed by atoms with Crippen molar-refractivity contribution in [3.63, 3.8) is 0 Å². The second kappa shape index (κ2) is 10.4. The molecule has 4 nitrogen and oxygen atoms in total. The number of halogens is 1. The van der Waals surface area contributed by atoms with Gasteiger partial charge in [0, 0.05) is 42.5 Å². The number of nitrogens with zero attached hydrogens (tertiary/aromatic N) is 3. The molecule has 1 amide bonds. The van der Waals surface area contributed by atoms with E-state index in [2.05, 4.69) is 18.7 Å². The second-order valence-corrected chi connectivity index (χ2v) is 8.05. The Labute approximate surface area is 184 Å². The Hall–Kier alpha value is -2.59. The molecule has 30 heavy (non-hydrogen) atoms. The highest BCUT2D eigenvalue weighted by molar-refractivity contribution is 6.32. The summed E-state index contributed by atoms with van der Waals surface area (Å²) in [5.41, 5.74) is 3.85. The Morgan fingerprint density at radius 2 is 1.70 bits per heavy atom. The highest BCUT2D eigenvalue weighted by Crippen LogP contribution is 2.31. The van der Waals surface area contributed by atoms with E-state index in [-0.39, 0.29) is 5.91 Å². The maximum absolute atomic E-state index is 13.3. The SMILES string of the molecule is CCCCN(C=C1N=C(c2ccccc2)c2cc(Cl)ccc2N(C)C1=O)CCCC. The van der Waals surface area contributed by atoms with Crippen LogP contribution in [0, 0.1) is 0 Å². The number of carbonyl (C=O) groups is 1. The Balaban J connectivity index is 2.13. The van der Waals surface area contributed by atoms with Crippen molar-refractivity contribution in [1.82, 2.24) is 4.90 Å². The molecule has 158 valence electrons. The number of unbranched alkanes of at least 4 members (excludes halogenated alkanes) is 2. The molecule has 5 heteroatoms. The van der Waals surface area contributed by atoms with Crippen LogP contribution in [0.5, 0.6) is 0 Å². The summed E-state index contributed by atoms with van der Waals surface area (Å²) < 4.78 is 0. The van der Waals surface area contributed by atoms with Gasteiger partial charge < -0.3 is 9.80 Å². The molecule has 2 aromatic rings. The van der Waals surface area contributed by atoms with Crippen LogP contribution in [0.1, 0.15) is 50.7 Å². The lowest BCUT2D eigenvalue weighted by Crippen LogP contribution is -2.29. The first kappa shape index (κ1) is 22.1. The van der Waals surface area contributed by atoms with E-state index in [1.165, 1.54) is 0 Å². The molecule has 0 saturated carbocycles. The molecule has 0 atom stereocenters. The molecule has 0 saturated heterocycles. The molecule has 0 aliphatic carbocycles. The first-order chi connectivity index (χ1) is 14.5. The molecule has 1 aliphatic heterocycles. The Morgan fingerprint density at radius 1 is 1.03 bits per heavy atom. The fourth-order valence-electron chi connectivity index (χ4n) is 3.54. The summed E-state index contributed by atoms with van der Waals surface area (Å²) in [7, 11) is 1.80. The fourth-order valence-corrected chi connectivity index (χ4v) is 3.71. The Bertz CT molecular complexity index is 929. The fraction of sp³-hybridized carbons (Fsp3) is 0.360. The van der Waals surface area contributed by atoms with Crippen molar-refractivity contribution in [3.8, 4) is 0 Å². The number of likely N-dealkylation sites (N-methyl/N-ethyl adjacent to an activating group) is 1. The third-order valence-corrected chi connectivity index (χ3v) is 5.52. The summed E-state index contributed by atoms with van der Waals surface area (Å²) in [6.45, 7) is 6.21. The van der Waals surface area contributed by atoms with E-state index in [1.54, 1.807) is 11.9 Å². The van der Waals surface area contributed by atoms with Gasteiger partial charge in [0.25, 0.3) is 5.91 Å². The molecule has 0 N–H and O–H groups in total. The number of benzene rings is 2. The molecular formula is C25H30ClN3O. The molecule has 1 aliphatic rings. The van der Waals surface area contributed by atoms with E-state index < -0.39 is 0 Å². The monoisotopic (exact) mass is 423 g/mol. The smallest absolute Gasteiger partial charge is 0.278 e. The normalized spacial score (nSPS) is 15.1. The summed E-state index contributed by atoms with van der Waals surface area (Å²) >= 11 is 6.32. The summed E-state index contributed by atoms with van der Waals surface area (Å²) in [5.74, 6) is -0.109. The molecule has 0 aromatic heterocycles. The van der Waals surface area contributed by atoms with Crippen LogP contribution in [0.4, 0.5) is 5.69 Å². The molecule has 0 unspecified atom stereocenters. The number of fused-ring (bicyclic) bond motifs is 1. The maximum Gasteiger partial charge on any atom is 0.278 e. The quantitative estimate of drug-likeness (QED) is 0.495. The van der Waals surface area contributed by atoms with Gasteiger partial charge in [-0.1, -0.05) is 68.6 Å². The molecular weight excluding hydrogens is 394 g/mol. The number of hydrogen-bond donors (Lipinski definition) is 0. The zero-order chi connectivity index (χ0) is 21.5. The van der Waals surface area contributed by atoms with Crippen LogP contribution in [-0.2, 0) is 4.79 Å². The summed E-state index contributed by atoms with van der Waals surface area (Å²) in [4.78, 5) is 22.2. The second-order valence-electron chi connectivity index (χ2n) is 7.61. The molecule has 0 spiro atoms. The lowest BCUT2D eigenvalue weighted by atomic mass is 10.0. The van der Waals surface area contributed by atoms with Gasteiger partial charge in [-0.05, 0) is 31.0 Å². The highest BCUT2D eigenvalue weighted by Gasteiger charge is 2.26. The van der Waals surface area contributed by atoms with Crippen LogP contribution in [0.2, 0.25) is 5.02 Å². The van der Waals surface area contributed by atoms with Crippen LogP contribution in [0.25, 0.3) is 0 Å². The van der Waals surface area contributed by atoms with E-state index >= 15 is 0 Å². The Kier molecular flexibility index (Phi) is 7.69. The van der Waals surface area contributed by atoms with Gasteiger partial charge in [-0.25, -0.2) is 4.99 Å². The average Bonchev–Trinajstić information content (AvgIpc) is 2.86. The van der Waals surface area contributed by atoms with Gasteiger partial charge in [-0.3, -0.25) is 4.79 Å². The maximum atomic E-state index is 13.3. The minimum Gasteiger partial charge on any atom is -0.375 e. The van der Waals surface area contributed by atoms with E-state index in [1.807, 2.05) is 54.7 Å². The first-order valence-electron chi connectivity index (χ1n) is 10.7. The number of rotatable bonds is 8. The topological polar surface area (TPSA) is 35.9 Å². The van der Waals surface area contributed by atoms with Crippen LogP contribution in [-0.4, -0.2) is 36.7 Å². The van der Waals surface area contributed by atoms with Gasteiger partial charge >= 0.3 is 0 Å². The number of hydrogen-bond acceptors (Lipinski definition) is 3. The number of anilines is 1. The van der Waals surface area contributed by atoms with Crippen molar-refractivity contribution in [2.75, 3.05) is 25.0 Å². The van der Waals surface area contributed by atoms with Crippen LogP contribution >= 0.6 is 11.6 Å². The van der Waals surface area contributed by atoms with E-state index in [4.69, 9.17) is 16.6 Å².